The number of nitrogens with zero attached hydrogens (tertiary/aromatic N) is 3. The fourth-order valence-electron chi connectivity index (χ4n) is 4.15. The fourth-order valence-corrected chi connectivity index (χ4v) is 4.15. The lowest BCUT2D eigenvalue weighted by Gasteiger charge is -2.39. The number of carbonyl (C=O) groups excluding carboxylic acids is 1. The Kier molecular flexibility index (Phi) is 5.90. The number of nitrogens with one attached hydrogen (secondary N) is 1. The van der Waals surface area contributed by atoms with E-state index in [1.165, 1.54) is 12.1 Å². The lowest BCUT2D eigenvalue weighted by molar-refractivity contribution is 0.0878. The zero-order valence-electron chi connectivity index (χ0n) is 16.8. The van der Waals surface area contributed by atoms with Crippen LogP contribution in [0.5, 0.6) is 0 Å². The van der Waals surface area contributed by atoms with Crippen LogP contribution in [0, 0.1) is 11.6 Å². The third-order valence-electron chi connectivity index (χ3n) is 5.60. The predicted molar refractivity (Wildman–Crippen MR) is 110 cm³/mol. The summed E-state index contributed by atoms with van der Waals surface area (Å²) < 4.78 is 29.5. The molecule has 1 aliphatic heterocycles. The monoisotopic (exact) mass is 410 g/mol. The molecule has 0 unspecified atom stereocenters. The summed E-state index contributed by atoms with van der Waals surface area (Å²) in [4.78, 5) is 15.0. The van der Waals surface area contributed by atoms with Crippen LogP contribution in [0.25, 0.3) is 0 Å². The van der Waals surface area contributed by atoms with Crippen molar-refractivity contribution in [2.24, 2.45) is 7.05 Å². The Morgan fingerprint density at radius 3 is 2.70 bits per heavy atom. The highest BCUT2D eigenvalue weighted by molar-refractivity contribution is 5.94. The second-order valence-corrected chi connectivity index (χ2v) is 7.74. The summed E-state index contributed by atoms with van der Waals surface area (Å²) in [6.45, 7) is 2.20. The number of hydrogen-bond donors (Lipinski definition) is 1. The van der Waals surface area contributed by atoms with Crippen molar-refractivity contribution in [3.63, 3.8) is 0 Å². The molecule has 3 aromatic rings. The largest absolute Gasteiger partial charge is 0.347 e. The van der Waals surface area contributed by atoms with Gasteiger partial charge in [-0.2, -0.15) is 5.10 Å². The maximum Gasteiger partial charge on any atom is 0.254 e. The van der Waals surface area contributed by atoms with Crippen LogP contribution in [0.15, 0.2) is 60.9 Å². The second kappa shape index (κ2) is 8.75. The summed E-state index contributed by atoms with van der Waals surface area (Å²) in [5, 5.41) is 7.18. The first-order chi connectivity index (χ1) is 14.5. The van der Waals surface area contributed by atoms with Gasteiger partial charge in [-0.3, -0.25) is 14.4 Å². The quantitative estimate of drug-likeness (QED) is 0.701. The lowest BCUT2D eigenvalue weighted by Crippen LogP contribution is -2.51. The standard InChI is InChI=1S/C23H24F2N4O/c1-28-13-16(12-26-28)14-29-11-10-18(17-6-3-2-4-7-17)21(15-29)27-23(30)19-8-5-9-20(24)22(19)25/h2-9,12-13,18,21H,10-11,14-15H2,1H3,(H,27,30)/t18-,21-/m0/s1. The molecule has 0 aliphatic carbocycles. The number of aryl methyl sites for hydroxylation is 1. The van der Waals surface area contributed by atoms with E-state index in [1.54, 1.807) is 4.68 Å². The number of aromatic nitrogens is 2. The smallest absolute Gasteiger partial charge is 0.254 e. The number of piperidine rings is 1. The van der Waals surface area contributed by atoms with Gasteiger partial charge in [-0.15, -0.1) is 0 Å². The normalized spacial score (nSPS) is 19.6. The zero-order valence-corrected chi connectivity index (χ0v) is 16.8. The van der Waals surface area contributed by atoms with E-state index >= 15 is 0 Å². The number of likely N-dealkylation sites (tertiary alicyclic amines) is 1. The van der Waals surface area contributed by atoms with Gasteiger partial charge in [0.1, 0.15) is 0 Å². The Balaban J connectivity index is 1.55. The highest BCUT2D eigenvalue weighted by atomic mass is 19.2. The van der Waals surface area contributed by atoms with Gasteiger partial charge in [0.05, 0.1) is 11.8 Å². The molecule has 1 aromatic heterocycles. The summed E-state index contributed by atoms with van der Waals surface area (Å²) >= 11 is 0. The number of benzene rings is 2. The van der Waals surface area contributed by atoms with E-state index in [0.717, 1.165) is 36.7 Å². The molecule has 7 heteroatoms. The van der Waals surface area contributed by atoms with Crippen molar-refractivity contribution in [2.75, 3.05) is 13.1 Å². The van der Waals surface area contributed by atoms with E-state index in [1.807, 2.05) is 49.8 Å². The molecular weight excluding hydrogens is 386 g/mol. The van der Waals surface area contributed by atoms with Crippen LogP contribution in [0.3, 0.4) is 0 Å². The molecule has 0 spiro atoms. The zero-order chi connectivity index (χ0) is 21.1. The summed E-state index contributed by atoms with van der Waals surface area (Å²) in [5.74, 6) is -2.64. The molecule has 0 radical (unpaired) electrons. The summed E-state index contributed by atoms with van der Waals surface area (Å²) in [7, 11) is 1.88. The van der Waals surface area contributed by atoms with Gasteiger partial charge >= 0.3 is 0 Å². The highest BCUT2D eigenvalue weighted by Gasteiger charge is 2.32. The Hall–Kier alpha value is -3.06. The maximum atomic E-state index is 14.1. The van der Waals surface area contributed by atoms with Crippen LogP contribution >= 0.6 is 0 Å². The minimum absolute atomic E-state index is 0.0944. The Morgan fingerprint density at radius 1 is 1.17 bits per heavy atom. The lowest BCUT2D eigenvalue weighted by atomic mass is 9.85. The summed E-state index contributed by atoms with van der Waals surface area (Å²) in [6, 6.07) is 13.4. The van der Waals surface area contributed by atoms with E-state index < -0.39 is 17.5 Å². The molecular formula is C23H24F2N4O. The van der Waals surface area contributed by atoms with Crippen LogP contribution in [-0.2, 0) is 13.6 Å². The van der Waals surface area contributed by atoms with Crippen LogP contribution in [0.4, 0.5) is 8.78 Å². The van der Waals surface area contributed by atoms with E-state index in [4.69, 9.17) is 0 Å². The molecule has 1 fully saturated rings. The highest BCUT2D eigenvalue weighted by Crippen LogP contribution is 2.29. The molecule has 156 valence electrons. The third-order valence-corrected chi connectivity index (χ3v) is 5.60. The van der Waals surface area contributed by atoms with Crippen molar-refractivity contribution in [2.45, 2.75) is 24.9 Å². The SMILES string of the molecule is Cn1cc(CN2CC[C@@H](c3ccccc3)[C@@H](NC(=O)c3cccc(F)c3F)C2)cn1. The summed E-state index contributed by atoms with van der Waals surface area (Å²) in [6.07, 6.45) is 4.65. The minimum Gasteiger partial charge on any atom is -0.347 e. The Bertz CT molecular complexity index is 1020. The van der Waals surface area contributed by atoms with Crippen LogP contribution in [0.1, 0.15) is 33.8 Å². The van der Waals surface area contributed by atoms with E-state index in [-0.39, 0.29) is 17.5 Å². The molecule has 2 aromatic carbocycles. The van der Waals surface area contributed by atoms with Crippen molar-refractivity contribution in [3.8, 4) is 0 Å². The average Bonchev–Trinajstić information content (AvgIpc) is 3.15. The Morgan fingerprint density at radius 2 is 1.97 bits per heavy atom. The van der Waals surface area contributed by atoms with Crippen LogP contribution in [0.2, 0.25) is 0 Å². The van der Waals surface area contributed by atoms with E-state index in [9.17, 15) is 13.6 Å². The molecule has 4 rings (SSSR count). The van der Waals surface area contributed by atoms with Gasteiger partial charge < -0.3 is 5.32 Å². The van der Waals surface area contributed by atoms with Gasteiger partial charge in [-0.25, -0.2) is 8.78 Å². The summed E-state index contributed by atoms with van der Waals surface area (Å²) in [5.41, 5.74) is 1.95. The molecule has 30 heavy (non-hydrogen) atoms. The third kappa shape index (κ3) is 4.41. The molecule has 0 bridgehead atoms. The average molecular weight is 410 g/mol. The number of amides is 1. The molecule has 0 saturated carbocycles. The van der Waals surface area contributed by atoms with Gasteiger partial charge in [0.15, 0.2) is 11.6 Å². The first-order valence-electron chi connectivity index (χ1n) is 10.0. The number of halogens is 2. The molecule has 5 nitrogen and oxygen atoms in total. The van der Waals surface area contributed by atoms with Gasteiger partial charge in [-0.1, -0.05) is 36.4 Å². The Labute approximate surface area is 174 Å². The topological polar surface area (TPSA) is 50.2 Å². The van der Waals surface area contributed by atoms with Crippen molar-refractivity contribution < 1.29 is 13.6 Å². The first-order valence-corrected chi connectivity index (χ1v) is 10.0. The van der Waals surface area contributed by atoms with Crippen LogP contribution < -0.4 is 5.32 Å². The van der Waals surface area contributed by atoms with E-state index in [2.05, 4.69) is 15.3 Å². The minimum atomic E-state index is -1.12. The number of carbonyl (C=O) groups is 1. The molecule has 2 atom stereocenters. The van der Waals surface area contributed by atoms with Crippen molar-refractivity contribution in [1.29, 1.82) is 0 Å². The maximum absolute atomic E-state index is 14.1. The second-order valence-electron chi connectivity index (χ2n) is 7.74. The van der Waals surface area contributed by atoms with Crippen LogP contribution in [-0.4, -0.2) is 39.7 Å². The number of rotatable bonds is 5. The molecule has 1 saturated heterocycles. The van der Waals surface area contributed by atoms with Crippen molar-refractivity contribution >= 4 is 5.91 Å². The molecule has 2 heterocycles. The van der Waals surface area contributed by atoms with E-state index in [0.29, 0.717) is 6.54 Å². The first kappa shape index (κ1) is 20.2. The van der Waals surface area contributed by atoms with Crippen molar-refractivity contribution in [3.05, 3.63) is 89.2 Å². The van der Waals surface area contributed by atoms with Gasteiger partial charge in [0, 0.05) is 43.9 Å². The predicted octanol–water partition coefficient (Wildman–Crippen LogP) is 3.49. The van der Waals surface area contributed by atoms with Gasteiger partial charge in [0.25, 0.3) is 5.91 Å². The molecule has 1 aliphatic rings. The fraction of sp³-hybridized carbons (Fsp3) is 0.304. The number of hydrogen-bond acceptors (Lipinski definition) is 3. The molecule has 1 N–H and O–H groups in total. The van der Waals surface area contributed by atoms with Gasteiger partial charge in [-0.05, 0) is 30.7 Å². The van der Waals surface area contributed by atoms with Crippen molar-refractivity contribution in [1.82, 2.24) is 20.0 Å². The van der Waals surface area contributed by atoms with Gasteiger partial charge in [0.2, 0.25) is 0 Å². The molecule has 1 amide bonds.